The zero-order chi connectivity index (χ0) is 20.4. The van der Waals surface area contributed by atoms with Crippen LogP contribution in [0, 0.1) is 0 Å². The van der Waals surface area contributed by atoms with Gasteiger partial charge < -0.3 is 14.5 Å². The minimum Gasteiger partial charge on any atom is -0.377 e. The van der Waals surface area contributed by atoms with Gasteiger partial charge in [-0.2, -0.15) is 0 Å². The number of piperazine rings is 1. The number of ether oxygens (including phenoxy) is 1. The van der Waals surface area contributed by atoms with Gasteiger partial charge in [0.2, 0.25) is 0 Å². The lowest BCUT2D eigenvalue weighted by atomic mass is 10.0. The van der Waals surface area contributed by atoms with Crippen LogP contribution in [0.15, 0.2) is 23.9 Å². The maximum atomic E-state index is 13.2. The fourth-order valence-corrected chi connectivity index (χ4v) is 3.91. The SMILES string of the molecule is CC(C)OCCN1C(=O)C(c2ccc(Cl)cc2Cl)=C(N2CCN(C)CC2)C1=O. The summed E-state index contributed by atoms with van der Waals surface area (Å²) in [6.07, 6.45) is 0.0306. The van der Waals surface area contributed by atoms with E-state index in [1.807, 2.05) is 25.8 Å². The van der Waals surface area contributed by atoms with Crippen LogP contribution in [0.2, 0.25) is 10.0 Å². The first kappa shape index (κ1) is 21.1. The van der Waals surface area contributed by atoms with Gasteiger partial charge in [0.15, 0.2) is 0 Å². The maximum Gasteiger partial charge on any atom is 0.277 e. The van der Waals surface area contributed by atoms with Crippen LogP contribution >= 0.6 is 23.2 Å². The van der Waals surface area contributed by atoms with Crippen molar-refractivity contribution in [3.8, 4) is 0 Å². The number of benzene rings is 1. The molecule has 2 heterocycles. The third-order valence-electron chi connectivity index (χ3n) is 4.93. The topological polar surface area (TPSA) is 53.1 Å². The van der Waals surface area contributed by atoms with E-state index in [1.165, 1.54) is 4.90 Å². The summed E-state index contributed by atoms with van der Waals surface area (Å²) in [4.78, 5) is 31.9. The molecule has 1 aromatic carbocycles. The number of carbonyl (C=O) groups excluding carboxylic acids is 2. The third kappa shape index (κ3) is 4.35. The summed E-state index contributed by atoms with van der Waals surface area (Å²) in [6.45, 7) is 7.34. The lowest BCUT2D eigenvalue weighted by Gasteiger charge is -2.34. The molecule has 1 aromatic rings. The molecule has 3 rings (SSSR count). The van der Waals surface area contributed by atoms with E-state index >= 15 is 0 Å². The number of halogens is 2. The largest absolute Gasteiger partial charge is 0.377 e. The zero-order valence-electron chi connectivity index (χ0n) is 16.4. The van der Waals surface area contributed by atoms with Crippen molar-refractivity contribution in [3.05, 3.63) is 39.5 Å². The first-order chi connectivity index (χ1) is 13.3. The van der Waals surface area contributed by atoms with Crippen molar-refractivity contribution in [3.63, 3.8) is 0 Å². The number of hydrogen-bond acceptors (Lipinski definition) is 5. The molecule has 2 aliphatic rings. The Labute approximate surface area is 175 Å². The molecule has 1 fully saturated rings. The quantitative estimate of drug-likeness (QED) is 0.655. The molecule has 0 unspecified atom stereocenters. The van der Waals surface area contributed by atoms with Crippen LogP contribution in [-0.4, -0.2) is 79.0 Å². The summed E-state index contributed by atoms with van der Waals surface area (Å²) in [5.74, 6) is -0.626. The molecule has 0 bridgehead atoms. The highest BCUT2D eigenvalue weighted by Gasteiger charge is 2.42. The average Bonchev–Trinajstić information content (AvgIpc) is 2.87. The number of nitrogens with zero attached hydrogens (tertiary/aromatic N) is 3. The van der Waals surface area contributed by atoms with Gasteiger partial charge in [0.1, 0.15) is 5.70 Å². The van der Waals surface area contributed by atoms with Crippen molar-refractivity contribution in [1.82, 2.24) is 14.7 Å². The van der Waals surface area contributed by atoms with Crippen LogP contribution < -0.4 is 0 Å². The van der Waals surface area contributed by atoms with E-state index in [0.29, 0.717) is 46.6 Å². The van der Waals surface area contributed by atoms with Gasteiger partial charge in [0, 0.05) is 36.8 Å². The molecule has 0 radical (unpaired) electrons. The Hall–Kier alpha value is -1.60. The summed E-state index contributed by atoms with van der Waals surface area (Å²) < 4.78 is 5.55. The van der Waals surface area contributed by atoms with Gasteiger partial charge in [-0.15, -0.1) is 0 Å². The normalized spacial score (nSPS) is 18.8. The summed E-state index contributed by atoms with van der Waals surface area (Å²) in [5.41, 5.74) is 1.30. The van der Waals surface area contributed by atoms with Crippen molar-refractivity contribution in [2.45, 2.75) is 20.0 Å². The lowest BCUT2D eigenvalue weighted by Crippen LogP contribution is -2.46. The van der Waals surface area contributed by atoms with Crippen LogP contribution in [0.25, 0.3) is 5.57 Å². The summed E-state index contributed by atoms with van der Waals surface area (Å²) in [5, 5.41) is 0.838. The Balaban J connectivity index is 1.97. The second-order valence-corrected chi connectivity index (χ2v) is 8.16. The van der Waals surface area contributed by atoms with E-state index in [2.05, 4.69) is 4.90 Å². The van der Waals surface area contributed by atoms with E-state index in [9.17, 15) is 9.59 Å². The van der Waals surface area contributed by atoms with E-state index in [-0.39, 0.29) is 24.5 Å². The van der Waals surface area contributed by atoms with Crippen LogP contribution in [0.4, 0.5) is 0 Å². The smallest absolute Gasteiger partial charge is 0.277 e. The van der Waals surface area contributed by atoms with Gasteiger partial charge in [-0.1, -0.05) is 29.3 Å². The highest BCUT2D eigenvalue weighted by Crippen LogP contribution is 2.36. The van der Waals surface area contributed by atoms with Crippen molar-refractivity contribution < 1.29 is 14.3 Å². The van der Waals surface area contributed by atoms with Crippen molar-refractivity contribution in [1.29, 1.82) is 0 Å². The first-order valence-corrected chi connectivity index (χ1v) is 10.2. The Bertz CT molecular complexity index is 802. The molecule has 1 saturated heterocycles. The molecule has 0 aromatic heterocycles. The van der Waals surface area contributed by atoms with Gasteiger partial charge in [-0.25, -0.2) is 0 Å². The lowest BCUT2D eigenvalue weighted by molar-refractivity contribution is -0.138. The Morgan fingerprint density at radius 3 is 2.36 bits per heavy atom. The van der Waals surface area contributed by atoms with Gasteiger partial charge in [0.25, 0.3) is 11.8 Å². The van der Waals surface area contributed by atoms with Crippen molar-refractivity contribution in [2.24, 2.45) is 0 Å². The molecule has 0 atom stereocenters. The molecule has 2 amide bonds. The van der Waals surface area contributed by atoms with Crippen molar-refractivity contribution in [2.75, 3.05) is 46.4 Å². The van der Waals surface area contributed by atoms with Crippen LogP contribution in [-0.2, 0) is 14.3 Å². The van der Waals surface area contributed by atoms with Crippen LogP contribution in [0.3, 0.4) is 0 Å². The fourth-order valence-electron chi connectivity index (χ4n) is 3.40. The second kappa shape index (κ2) is 8.82. The van der Waals surface area contributed by atoms with Crippen LogP contribution in [0.1, 0.15) is 19.4 Å². The second-order valence-electron chi connectivity index (χ2n) is 7.32. The number of hydrogen-bond donors (Lipinski definition) is 0. The molecule has 152 valence electrons. The molecular formula is C20H25Cl2N3O3. The Morgan fingerprint density at radius 2 is 1.75 bits per heavy atom. The molecule has 0 saturated carbocycles. The first-order valence-electron chi connectivity index (χ1n) is 9.40. The van der Waals surface area contributed by atoms with E-state index in [1.54, 1.807) is 18.2 Å². The summed E-state index contributed by atoms with van der Waals surface area (Å²) in [6, 6.07) is 4.98. The van der Waals surface area contributed by atoms with Gasteiger partial charge in [-0.3, -0.25) is 14.5 Å². The number of rotatable bonds is 6. The van der Waals surface area contributed by atoms with Crippen LogP contribution in [0.5, 0.6) is 0 Å². The van der Waals surface area contributed by atoms with E-state index in [4.69, 9.17) is 27.9 Å². The zero-order valence-corrected chi connectivity index (χ0v) is 17.9. The molecule has 0 aliphatic carbocycles. The molecular weight excluding hydrogens is 401 g/mol. The predicted molar refractivity (Wildman–Crippen MR) is 110 cm³/mol. The Kier molecular flexibility index (Phi) is 6.65. The summed E-state index contributed by atoms with van der Waals surface area (Å²) >= 11 is 12.4. The molecule has 28 heavy (non-hydrogen) atoms. The monoisotopic (exact) mass is 425 g/mol. The summed E-state index contributed by atoms with van der Waals surface area (Å²) in [7, 11) is 2.04. The van der Waals surface area contributed by atoms with Gasteiger partial charge in [0.05, 0.1) is 29.9 Å². The molecule has 8 heteroatoms. The highest BCUT2D eigenvalue weighted by molar-refractivity contribution is 6.41. The average molecular weight is 426 g/mol. The standard InChI is InChI=1S/C20H25Cl2N3O3/c1-13(2)28-11-10-25-19(26)17(15-5-4-14(21)12-16(15)22)18(20(25)27)24-8-6-23(3)7-9-24/h4-5,12-13H,6-11H2,1-3H3. The number of carbonyl (C=O) groups is 2. The predicted octanol–water partition coefficient (Wildman–Crippen LogP) is 2.75. The van der Waals surface area contributed by atoms with Gasteiger partial charge in [-0.05, 0) is 33.0 Å². The molecule has 0 N–H and O–H groups in total. The minimum atomic E-state index is -0.337. The van der Waals surface area contributed by atoms with Gasteiger partial charge >= 0.3 is 0 Å². The number of amides is 2. The maximum absolute atomic E-state index is 13.2. The Morgan fingerprint density at radius 1 is 1.07 bits per heavy atom. The van der Waals surface area contributed by atoms with E-state index in [0.717, 1.165) is 13.1 Å². The number of likely N-dealkylation sites (N-methyl/N-ethyl adjacent to an activating group) is 1. The third-order valence-corrected chi connectivity index (χ3v) is 5.48. The molecule has 0 spiro atoms. The highest BCUT2D eigenvalue weighted by atomic mass is 35.5. The molecule has 2 aliphatic heterocycles. The van der Waals surface area contributed by atoms with E-state index < -0.39 is 0 Å². The fraction of sp³-hybridized carbons (Fsp3) is 0.500. The van der Waals surface area contributed by atoms with Crippen molar-refractivity contribution >= 4 is 40.6 Å². The molecule has 6 nitrogen and oxygen atoms in total. The minimum absolute atomic E-state index is 0.0306. The number of imide groups is 1.